The normalized spacial score (nSPS) is 11.4. The van der Waals surface area contributed by atoms with Crippen molar-refractivity contribution in [2.75, 3.05) is 6.61 Å². The summed E-state index contributed by atoms with van der Waals surface area (Å²) in [6.07, 6.45) is 1.52. The molecule has 0 unspecified atom stereocenters. The van der Waals surface area contributed by atoms with Gasteiger partial charge in [0, 0.05) is 12.7 Å². The van der Waals surface area contributed by atoms with Gasteiger partial charge in [0.1, 0.15) is 12.2 Å². The molecule has 0 bridgehead atoms. The number of nitrogens with one attached hydrogen (secondary N) is 2. The van der Waals surface area contributed by atoms with E-state index in [1.807, 2.05) is 12.1 Å². The molecule has 3 aromatic rings. The first-order valence-electron chi connectivity index (χ1n) is 9.64. The van der Waals surface area contributed by atoms with Crippen LogP contribution in [0.1, 0.15) is 55.0 Å². The van der Waals surface area contributed by atoms with Crippen molar-refractivity contribution >= 4 is 23.0 Å². The smallest absolute Gasteiger partial charge is 0.313 e. The van der Waals surface area contributed by atoms with Crippen LogP contribution in [-0.2, 0) is 27.9 Å². The van der Waals surface area contributed by atoms with E-state index in [0.29, 0.717) is 35.7 Å². The average Bonchev–Trinajstić information content (AvgIpc) is 3.07. The summed E-state index contributed by atoms with van der Waals surface area (Å²) in [5, 5.41) is 2.91. The molecular weight excluding hydrogens is 368 g/mol. The van der Waals surface area contributed by atoms with Gasteiger partial charge in [-0.3, -0.25) is 9.59 Å². The molecule has 0 aliphatic rings. The molecule has 0 radical (unpaired) electrons. The highest BCUT2D eigenvalue weighted by atomic mass is 16.5. The second kappa shape index (κ2) is 8.43. The lowest BCUT2D eigenvalue weighted by Crippen LogP contribution is -2.23. The fraction of sp³-hybridized carbons (Fsp3) is 0.364. The highest BCUT2D eigenvalue weighted by molar-refractivity contribution is 5.96. The van der Waals surface area contributed by atoms with Gasteiger partial charge in [0.2, 0.25) is 0 Å². The van der Waals surface area contributed by atoms with Crippen LogP contribution in [0, 0.1) is 0 Å². The molecule has 152 valence electrons. The average molecular weight is 394 g/mol. The molecule has 0 aliphatic carbocycles. The van der Waals surface area contributed by atoms with Crippen LogP contribution in [0.4, 0.5) is 0 Å². The van der Waals surface area contributed by atoms with Crippen molar-refractivity contribution in [3.8, 4) is 0 Å². The number of amides is 1. The number of H-pyrrole nitrogens is 1. The predicted octanol–water partition coefficient (Wildman–Crippen LogP) is 3.29. The van der Waals surface area contributed by atoms with Crippen molar-refractivity contribution in [2.24, 2.45) is 0 Å². The molecule has 29 heavy (non-hydrogen) atoms. The van der Waals surface area contributed by atoms with Crippen molar-refractivity contribution in [1.82, 2.24) is 20.3 Å². The summed E-state index contributed by atoms with van der Waals surface area (Å²) in [5.74, 6) is -0.120. The lowest BCUT2D eigenvalue weighted by molar-refractivity contribution is -0.142. The van der Waals surface area contributed by atoms with Crippen molar-refractivity contribution in [2.45, 2.75) is 46.1 Å². The Morgan fingerprint density at radius 1 is 1.17 bits per heavy atom. The van der Waals surface area contributed by atoms with E-state index in [1.54, 1.807) is 13.0 Å². The Hall–Kier alpha value is -3.22. The Morgan fingerprint density at radius 2 is 1.90 bits per heavy atom. The quantitative estimate of drug-likeness (QED) is 0.625. The SMILES string of the molecule is CCOC(=O)Cc1nc2ncc(C(=O)NCc3ccc(C(C)(C)C)cc3)cc2[nH]1. The van der Waals surface area contributed by atoms with Crippen molar-refractivity contribution in [3.63, 3.8) is 0 Å². The Morgan fingerprint density at radius 3 is 2.55 bits per heavy atom. The van der Waals surface area contributed by atoms with Crippen molar-refractivity contribution < 1.29 is 14.3 Å². The highest BCUT2D eigenvalue weighted by Gasteiger charge is 2.14. The maximum Gasteiger partial charge on any atom is 0.313 e. The van der Waals surface area contributed by atoms with E-state index in [4.69, 9.17) is 4.74 Å². The fourth-order valence-corrected chi connectivity index (χ4v) is 2.91. The topological polar surface area (TPSA) is 97.0 Å². The number of hydrogen-bond acceptors (Lipinski definition) is 5. The van der Waals surface area contributed by atoms with Gasteiger partial charge in [0.25, 0.3) is 5.91 Å². The minimum Gasteiger partial charge on any atom is -0.466 e. The molecule has 2 aromatic heterocycles. The number of fused-ring (bicyclic) bond motifs is 1. The fourth-order valence-electron chi connectivity index (χ4n) is 2.91. The van der Waals surface area contributed by atoms with Crippen LogP contribution in [0.2, 0.25) is 0 Å². The number of nitrogens with zero attached hydrogens (tertiary/aromatic N) is 2. The van der Waals surface area contributed by atoms with Crippen molar-refractivity contribution in [3.05, 3.63) is 59.0 Å². The molecule has 7 heteroatoms. The van der Waals surface area contributed by atoms with Crippen LogP contribution >= 0.6 is 0 Å². The first kappa shape index (κ1) is 20.5. The highest BCUT2D eigenvalue weighted by Crippen LogP contribution is 2.22. The van der Waals surface area contributed by atoms with Crippen LogP contribution in [0.3, 0.4) is 0 Å². The van der Waals surface area contributed by atoms with E-state index < -0.39 is 0 Å². The zero-order valence-electron chi connectivity index (χ0n) is 17.2. The van der Waals surface area contributed by atoms with Gasteiger partial charge >= 0.3 is 5.97 Å². The minimum atomic E-state index is -0.359. The van der Waals surface area contributed by atoms with Crippen LogP contribution in [0.25, 0.3) is 11.2 Å². The summed E-state index contributed by atoms with van der Waals surface area (Å²) >= 11 is 0. The number of benzene rings is 1. The van der Waals surface area contributed by atoms with Crippen LogP contribution in [-0.4, -0.2) is 33.4 Å². The molecule has 0 fully saturated rings. The van der Waals surface area contributed by atoms with E-state index in [9.17, 15) is 9.59 Å². The third-order valence-corrected chi connectivity index (χ3v) is 4.54. The first-order valence-corrected chi connectivity index (χ1v) is 9.64. The van der Waals surface area contributed by atoms with Gasteiger partial charge in [-0.05, 0) is 29.5 Å². The summed E-state index contributed by atoms with van der Waals surface area (Å²) in [5.41, 5.74) is 3.86. The Balaban J connectivity index is 1.65. The largest absolute Gasteiger partial charge is 0.466 e. The van der Waals surface area contributed by atoms with Crippen molar-refractivity contribution in [1.29, 1.82) is 0 Å². The number of imidazole rings is 1. The van der Waals surface area contributed by atoms with Crippen LogP contribution in [0.15, 0.2) is 36.5 Å². The minimum absolute atomic E-state index is 0.0380. The second-order valence-electron chi connectivity index (χ2n) is 7.89. The third-order valence-electron chi connectivity index (χ3n) is 4.54. The van der Waals surface area contributed by atoms with Gasteiger partial charge in [0.05, 0.1) is 17.7 Å². The molecule has 2 heterocycles. The van der Waals surface area contributed by atoms with Gasteiger partial charge < -0.3 is 15.0 Å². The summed E-state index contributed by atoms with van der Waals surface area (Å²) < 4.78 is 4.92. The number of carbonyl (C=O) groups excluding carboxylic acids is 2. The van der Waals surface area contributed by atoms with Crippen LogP contribution < -0.4 is 5.32 Å². The lowest BCUT2D eigenvalue weighted by atomic mass is 9.87. The Bertz CT molecular complexity index is 1020. The number of carbonyl (C=O) groups is 2. The van der Waals surface area contributed by atoms with Gasteiger partial charge in [-0.25, -0.2) is 9.97 Å². The molecule has 0 aliphatic heterocycles. The molecule has 0 saturated heterocycles. The summed E-state index contributed by atoms with van der Waals surface area (Å²) in [6, 6.07) is 9.91. The first-order chi connectivity index (χ1) is 13.8. The van der Waals surface area contributed by atoms with E-state index in [0.717, 1.165) is 5.56 Å². The summed E-state index contributed by atoms with van der Waals surface area (Å²) in [7, 11) is 0. The van der Waals surface area contributed by atoms with Gasteiger partial charge in [-0.2, -0.15) is 0 Å². The van der Waals surface area contributed by atoms with Gasteiger partial charge in [0.15, 0.2) is 5.65 Å². The van der Waals surface area contributed by atoms with Gasteiger partial charge in [-0.1, -0.05) is 45.0 Å². The van der Waals surface area contributed by atoms with E-state index >= 15 is 0 Å². The summed E-state index contributed by atoms with van der Waals surface area (Å²) in [6.45, 7) is 9.00. The number of aromatic nitrogens is 3. The number of pyridine rings is 1. The Kier molecular flexibility index (Phi) is 5.96. The van der Waals surface area contributed by atoms with Crippen LogP contribution in [0.5, 0.6) is 0 Å². The Labute approximate surface area is 169 Å². The number of hydrogen-bond donors (Lipinski definition) is 2. The molecule has 3 rings (SSSR count). The van der Waals surface area contributed by atoms with E-state index in [1.165, 1.54) is 11.8 Å². The third kappa shape index (κ3) is 5.19. The second-order valence-corrected chi connectivity index (χ2v) is 7.89. The van der Waals surface area contributed by atoms with E-state index in [-0.39, 0.29) is 23.7 Å². The number of ether oxygens (including phenoxy) is 1. The molecule has 1 aromatic carbocycles. The molecule has 0 spiro atoms. The number of rotatable bonds is 6. The maximum absolute atomic E-state index is 12.5. The summed E-state index contributed by atoms with van der Waals surface area (Å²) in [4.78, 5) is 35.6. The molecular formula is C22H26N4O3. The zero-order chi connectivity index (χ0) is 21.0. The van der Waals surface area contributed by atoms with E-state index in [2.05, 4.69) is 53.2 Å². The number of esters is 1. The predicted molar refractivity (Wildman–Crippen MR) is 111 cm³/mol. The zero-order valence-corrected chi connectivity index (χ0v) is 17.2. The molecule has 0 atom stereocenters. The standard InChI is InChI=1S/C22H26N4O3/c1-5-29-19(27)11-18-25-17-10-15(13-23-20(17)26-18)21(28)24-12-14-6-8-16(9-7-14)22(2,3)4/h6-10,13H,5,11-12H2,1-4H3,(H,24,28)(H,23,25,26). The molecule has 0 saturated carbocycles. The molecule has 1 amide bonds. The van der Waals surface area contributed by atoms with Gasteiger partial charge in [-0.15, -0.1) is 0 Å². The molecule has 2 N–H and O–H groups in total. The monoisotopic (exact) mass is 394 g/mol. The maximum atomic E-state index is 12.5. The number of aromatic amines is 1. The lowest BCUT2D eigenvalue weighted by Gasteiger charge is -2.19. The molecule has 7 nitrogen and oxygen atoms in total.